The van der Waals surface area contributed by atoms with Crippen molar-refractivity contribution >= 4 is 61.2 Å². The highest BCUT2D eigenvalue weighted by Gasteiger charge is 2.32. The molecule has 0 atom stereocenters. The zero-order valence-corrected chi connectivity index (χ0v) is 14.8. The van der Waals surface area contributed by atoms with Crippen LogP contribution in [0.3, 0.4) is 0 Å². The third-order valence-corrected chi connectivity index (χ3v) is 27.8. The average Bonchev–Trinajstić information content (AvgIpc) is 2.41. The van der Waals surface area contributed by atoms with E-state index >= 15 is 0 Å². The topological polar surface area (TPSA) is 9.23 Å². The van der Waals surface area contributed by atoms with Crippen molar-refractivity contribution in [2.24, 2.45) is 0 Å². The minimum Gasteiger partial charge on any atom is -0.457 e. The molecule has 2 aromatic rings. The van der Waals surface area contributed by atoms with Gasteiger partial charge in [-0.15, -0.1) is 11.7 Å². The van der Waals surface area contributed by atoms with E-state index in [1.807, 2.05) is 30.3 Å². The van der Waals surface area contributed by atoms with Crippen molar-refractivity contribution in [3.05, 3.63) is 54.6 Å². The van der Waals surface area contributed by atoms with Crippen molar-refractivity contribution < 1.29 is 4.74 Å². The second-order valence-electron chi connectivity index (χ2n) is 3.63. The monoisotopic (exact) mass is 360 g/mol. The molecule has 1 saturated heterocycles. The number of hydrogen-bond acceptors (Lipinski definition) is 5. The SMILES string of the molecule is SSP1SP(c2ccc(Oc3ccccc3)cc2)S1. The van der Waals surface area contributed by atoms with Crippen LogP contribution in [0.15, 0.2) is 54.6 Å². The maximum absolute atomic E-state index is 5.79. The molecule has 1 nitrogen and oxygen atoms in total. The van der Waals surface area contributed by atoms with E-state index in [9.17, 15) is 0 Å². The van der Waals surface area contributed by atoms with Crippen LogP contribution in [0.1, 0.15) is 0 Å². The lowest BCUT2D eigenvalue weighted by molar-refractivity contribution is 0.483. The molecule has 19 heavy (non-hydrogen) atoms. The van der Waals surface area contributed by atoms with Gasteiger partial charge in [-0.05, 0) is 52.1 Å². The zero-order valence-electron chi connectivity index (χ0n) is 9.67. The van der Waals surface area contributed by atoms with E-state index in [0.717, 1.165) is 11.5 Å². The molecule has 1 aliphatic rings. The highest BCUT2D eigenvalue weighted by Crippen LogP contribution is 3.00. The van der Waals surface area contributed by atoms with E-state index in [4.69, 9.17) is 4.74 Å². The first-order chi connectivity index (χ1) is 9.35. The van der Waals surface area contributed by atoms with E-state index in [-0.39, 0.29) is 11.9 Å². The Kier molecular flexibility index (Phi) is 5.30. The van der Waals surface area contributed by atoms with E-state index in [1.165, 1.54) is 5.30 Å². The maximum atomic E-state index is 5.79. The summed E-state index contributed by atoms with van der Waals surface area (Å²) in [5, 5.41) is 1.42. The molecule has 0 unspecified atom stereocenters. The fourth-order valence-corrected chi connectivity index (χ4v) is 26.9. The van der Waals surface area contributed by atoms with E-state index in [0.29, 0.717) is 0 Å². The highest BCUT2D eigenvalue weighted by atomic mass is 33.8. The number of benzene rings is 2. The van der Waals surface area contributed by atoms with Crippen molar-refractivity contribution in [2.45, 2.75) is 0 Å². The van der Waals surface area contributed by atoms with Crippen LogP contribution >= 0.6 is 55.9 Å². The normalized spacial score (nSPS) is 21.7. The van der Waals surface area contributed by atoms with Gasteiger partial charge in [-0.1, -0.05) is 40.2 Å². The smallest absolute Gasteiger partial charge is 0.127 e. The van der Waals surface area contributed by atoms with Gasteiger partial charge in [0, 0.05) is 0 Å². The molecule has 0 aliphatic carbocycles. The van der Waals surface area contributed by atoms with Gasteiger partial charge in [-0.25, -0.2) is 0 Å². The molecule has 1 heterocycles. The van der Waals surface area contributed by atoms with Crippen molar-refractivity contribution in [3.63, 3.8) is 0 Å². The van der Waals surface area contributed by atoms with Gasteiger partial charge in [0.05, 0.1) is 11.9 Å². The molecule has 0 radical (unpaired) electrons. The molecule has 0 amide bonds. The first kappa shape index (κ1) is 14.4. The summed E-state index contributed by atoms with van der Waals surface area (Å²) in [5.41, 5.74) is 0.00583. The molecule has 2 aromatic carbocycles. The fourth-order valence-electron chi connectivity index (χ4n) is 1.51. The molecular weight excluding hydrogens is 350 g/mol. The van der Waals surface area contributed by atoms with Crippen molar-refractivity contribution in [1.29, 1.82) is 0 Å². The Morgan fingerprint density at radius 1 is 0.895 bits per heavy atom. The second kappa shape index (κ2) is 6.98. The van der Waals surface area contributed by atoms with Crippen LogP contribution in [-0.4, -0.2) is 0 Å². The molecule has 1 fully saturated rings. The lowest BCUT2D eigenvalue weighted by Gasteiger charge is -2.31. The Balaban J connectivity index is 1.63. The lowest BCUT2D eigenvalue weighted by Crippen LogP contribution is -1.97. The summed E-state index contributed by atoms with van der Waals surface area (Å²) in [5.74, 6) is 1.77. The molecular formula is C12H10OP2S4. The number of hydrogen-bond donors (Lipinski definition) is 1. The fraction of sp³-hybridized carbons (Fsp3) is 0. The van der Waals surface area contributed by atoms with Gasteiger partial charge in [0.15, 0.2) is 0 Å². The predicted octanol–water partition coefficient (Wildman–Crippen LogP) is 6.70. The first-order valence-corrected chi connectivity index (χ1v) is 14.7. The third-order valence-electron chi connectivity index (χ3n) is 2.37. The van der Waals surface area contributed by atoms with Crippen LogP contribution in [0.4, 0.5) is 0 Å². The molecule has 0 saturated carbocycles. The number of thiol groups is 1. The van der Waals surface area contributed by atoms with Gasteiger partial charge in [0.25, 0.3) is 0 Å². The van der Waals surface area contributed by atoms with E-state index in [1.54, 1.807) is 10.4 Å². The summed E-state index contributed by atoms with van der Waals surface area (Å²) in [6, 6.07) is 18.3. The third kappa shape index (κ3) is 3.78. The van der Waals surface area contributed by atoms with Crippen LogP contribution in [0.25, 0.3) is 0 Å². The molecule has 0 N–H and O–H groups in total. The predicted molar refractivity (Wildman–Crippen MR) is 98.2 cm³/mol. The standard InChI is InChI=1S/C12H10OP2S4/c16-19-15-17-14(18-15)12-8-6-11(7-9-12)13-10-4-2-1-3-5-10/h1-9,16H. The number of ether oxygens (including phenoxy) is 1. The summed E-state index contributed by atoms with van der Waals surface area (Å²) < 4.78 is 5.79. The van der Waals surface area contributed by atoms with Gasteiger partial charge in [0.2, 0.25) is 0 Å². The van der Waals surface area contributed by atoms with Crippen molar-refractivity contribution in [1.82, 2.24) is 0 Å². The van der Waals surface area contributed by atoms with Gasteiger partial charge < -0.3 is 4.74 Å². The average molecular weight is 360 g/mol. The Labute approximate surface area is 131 Å². The Morgan fingerprint density at radius 2 is 1.53 bits per heavy atom. The van der Waals surface area contributed by atoms with Gasteiger partial charge in [-0.3, -0.25) is 0 Å². The molecule has 0 bridgehead atoms. The van der Waals surface area contributed by atoms with Gasteiger partial charge >= 0.3 is 0 Å². The largest absolute Gasteiger partial charge is 0.457 e. The summed E-state index contributed by atoms with van der Waals surface area (Å²) >= 11 is 8.42. The Morgan fingerprint density at radius 3 is 2.16 bits per heavy atom. The van der Waals surface area contributed by atoms with Crippen LogP contribution < -0.4 is 10.0 Å². The van der Waals surface area contributed by atoms with Crippen LogP contribution in [0.2, 0.25) is 0 Å². The Hall–Kier alpha value is 0.500. The zero-order chi connectivity index (χ0) is 13.1. The van der Waals surface area contributed by atoms with Crippen LogP contribution in [0, 0.1) is 0 Å². The first-order valence-electron chi connectivity index (χ1n) is 5.46. The summed E-state index contributed by atoms with van der Waals surface area (Å²) in [6.07, 6.45) is -0.0728. The summed E-state index contributed by atoms with van der Waals surface area (Å²) in [4.78, 5) is 0. The maximum Gasteiger partial charge on any atom is 0.127 e. The molecule has 1 aliphatic heterocycles. The van der Waals surface area contributed by atoms with Gasteiger partial charge in [0.1, 0.15) is 11.5 Å². The molecule has 7 heteroatoms. The van der Waals surface area contributed by atoms with Crippen LogP contribution in [0.5, 0.6) is 11.5 Å². The minimum absolute atomic E-state index is 0.00583. The molecule has 3 rings (SSSR count). The van der Waals surface area contributed by atoms with Crippen LogP contribution in [-0.2, 0) is 0 Å². The minimum atomic E-state index is -0.0728. The highest BCUT2D eigenvalue weighted by molar-refractivity contribution is 9.50. The quantitative estimate of drug-likeness (QED) is 0.369. The van der Waals surface area contributed by atoms with E-state index < -0.39 is 0 Å². The van der Waals surface area contributed by atoms with Crippen molar-refractivity contribution in [3.8, 4) is 11.5 Å². The summed E-state index contributed by atoms with van der Waals surface area (Å²) in [6.45, 7) is 0. The number of rotatable bonds is 4. The molecule has 0 spiro atoms. The molecule has 98 valence electrons. The van der Waals surface area contributed by atoms with Crippen molar-refractivity contribution in [2.75, 3.05) is 0 Å². The van der Waals surface area contributed by atoms with E-state index in [2.05, 4.69) is 57.9 Å². The molecule has 0 aromatic heterocycles. The Bertz CT molecular complexity index is 531. The second-order valence-corrected chi connectivity index (χ2v) is 19.7. The van der Waals surface area contributed by atoms with Gasteiger partial charge in [-0.2, -0.15) is 0 Å². The summed E-state index contributed by atoms with van der Waals surface area (Å²) in [7, 11) is 1.69. The lowest BCUT2D eigenvalue weighted by atomic mass is 10.3. The number of para-hydroxylation sites is 1.